The lowest BCUT2D eigenvalue weighted by Gasteiger charge is -2.35. The summed E-state index contributed by atoms with van der Waals surface area (Å²) in [4.78, 5) is 44.1. The minimum Gasteiger partial charge on any atom is -0.445 e. The van der Waals surface area contributed by atoms with Crippen LogP contribution in [0.3, 0.4) is 0 Å². The highest BCUT2D eigenvalue weighted by atomic mass is 31.2. The Labute approximate surface area is 448 Å². The molecule has 18 heteroatoms. The van der Waals surface area contributed by atoms with Crippen molar-refractivity contribution in [1.82, 2.24) is 14.5 Å². The third kappa shape index (κ3) is 14.6. The number of nitrogens with zero attached hydrogens (tertiary/aromatic N) is 2. The Kier molecular flexibility index (Phi) is 19.0. The molecule has 1 unspecified atom stereocenters. The SMILES string of the molecule is CCOP(=O)(/C=C/C[C@@H]1[C@H](OCc2ccccc2)[C@@H](OCc2ccccc2)[C@H]([C@@H](COCc2ccccc2)OCc2ccccc2)N1C(=O)OCc1ccccc1)OC[C@H]1O[C@@H](n2ccc(=O)[nH]c2=O)[C@@H]2OC(C)(C)O[C@@H]21. The van der Waals surface area contributed by atoms with Crippen LogP contribution in [-0.4, -0.2) is 94.9 Å². The maximum atomic E-state index is 15.3. The minimum absolute atomic E-state index is 0.0201. The van der Waals surface area contributed by atoms with Crippen LogP contribution in [0.5, 0.6) is 0 Å². The Balaban J connectivity index is 1.06. The number of nitrogens with one attached hydrogen (secondary N) is 1. The van der Waals surface area contributed by atoms with Crippen LogP contribution in [0.1, 0.15) is 61.2 Å². The van der Waals surface area contributed by atoms with Gasteiger partial charge in [-0.15, -0.1) is 0 Å². The highest BCUT2D eigenvalue weighted by molar-refractivity contribution is 7.57. The lowest BCUT2D eigenvalue weighted by atomic mass is 10.0. The molecule has 3 saturated heterocycles. The summed E-state index contributed by atoms with van der Waals surface area (Å²) in [6, 6.07) is 48.0. The van der Waals surface area contributed by atoms with Gasteiger partial charge in [0, 0.05) is 18.1 Å². The number of hydrogen-bond donors (Lipinski definition) is 1. The van der Waals surface area contributed by atoms with Gasteiger partial charge >= 0.3 is 19.4 Å². The third-order valence-corrected chi connectivity index (χ3v) is 15.1. The van der Waals surface area contributed by atoms with Crippen molar-refractivity contribution in [2.45, 2.75) is 121 Å². The smallest absolute Gasteiger partial charge is 0.410 e. The number of amides is 1. The van der Waals surface area contributed by atoms with Gasteiger partial charge in [0.1, 0.15) is 43.2 Å². The van der Waals surface area contributed by atoms with E-state index >= 15 is 4.79 Å². The van der Waals surface area contributed by atoms with Gasteiger partial charge in [-0.05, 0) is 55.0 Å². The van der Waals surface area contributed by atoms with E-state index in [0.717, 1.165) is 27.8 Å². The first-order chi connectivity index (χ1) is 37.5. The van der Waals surface area contributed by atoms with Crippen molar-refractivity contribution in [3.05, 3.63) is 224 Å². The largest absolute Gasteiger partial charge is 0.445 e. The molecule has 0 spiro atoms. The molecule has 0 bridgehead atoms. The van der Waals surface area contributed by atoms with Crippen LogP contribution in [-0.2, 0) is 84.5 Å². The molecular weight excluding hydrogens is 1010 g/mol. The third-order valence-electron chi connectivity index (χ3n) is 13.4. The van der Waals surface area contributed by atoms with Crippen LogP contribution >= 0.6 is 7.60 Å². The molecule has 77 heavy (non-hydrogen) atoms. The zero-order chi connectivity index (χ0) is 53.6. The molecule has 406 valence electrons. The number of carbonyl (C=O) groups is 1. The Bertz CT molecular complexity index is 2990. The molecule has 6 aromatic rings. The molecule has 0 aliphatic carbocycles. The zero-order valence-electron chi connectivity index (χ0n) is 43.4. The summed E-state index contributed by atoms with van der Waals surface area (Å²) in [7, 11) is -4.10. The van der Waals surface area contributed by atoms with Crippen LogP contribution < -0.4 is 11.2 Å². The summed E-state index contributed by atoms with van der Waals surface area (Å²) >= 11 is 0. The first-order valence-corrected chi connectivity index (χ1v) is 27.5. The number of likely N-dealkylation sites (tertiary alicyclic amines) is 1. The Morgan fingerprint density at radius 1 is 0.688 bits per heavy atom. The first kappa shape index (κ1) is 55.4. The summed E-state index contributed by atoms with van der Waals surface area (Å²) in [5.74, 6) is 0.323. The Morgan fingerprint density at radius 3 is 1.79 bits per heavy atom. The highest BCUT2D eigenvalue weighted by Crippen LogP contribution is 2.52. The van der Waals surface area contributed by atoms with E-state index in [1.54, 1.807) is 31.7 Å². The molecule has 3 aliphatic rings. The summed E-state index contributed by atoms with van der Waals surface area (Å²) in [5, 5.41) is 0. The fourth-order valence-electron chi connectivity index (χ4n) is 9.92. The molecule has 4 heterocycles. The van der Waals surface area contributed by atoms with Gasteiger partial charge < -0.3 is 46.9 Å². The predicted molar refractivity (Wildman–Crippen MR) is 285 cm³/mol. The molecule has 3 fully saturated rings. The maximum absolute atomic E-state index is 15.3. The number of aromatic nitrogens is 2. The van der Waals surface area contributed by atoms with Gasteiger partial charge in [-0.25, -0.2) is 9.59 Å². The standard InChI is InChI=1S/C59H66N3O14P/c1-4-72-77(66,73-41-49-53-55(76-59(2,3)75-53)56(74-49)61-33-32-50(63)60-57(61)64)34-20-31-47-52(69-37-44-25-14-7-15-26-44)54(70-38-45-27-16-8-17-28-45)51(62(47)58(65)71-39-46-29-18-9-19-30-46)48(68-36-43-23-12-6-13-24-43)40-67-35-42-21-10-5-11-22-42/h5-30,32-34,47-49,51-56H,4,31,35-41H2,1-3H3,(H,60,63,64)/b34-20+/t47-,48-,49-,51+,52+,53-,54+,55-,56-,77?/m1/s1. The van der Waals surface area contributed by atoms with Crippen molar-refractivity contribution in [2.75, 3.05) is 19.8 Å². The second-order valence-corrected chi connectivity index (χ2v) is 21.3. The van der Waals surface area contributed by atoms with Gasteiger partial charge in [-0.3, -0.25) is 23.8 Å². The molecule has 1 N–H and O–H groups in total. The molecular formula is C59H66N3O14P. The molecule has 0 saturated carbocycles. The van der Waals surface area contributed by atoms with Crippen molar-refractivity contribution < 1.29 is 56.3 Å². The number of carbonyl (C=O) groups excluding carboxylic acids is 1. The number of hydrogen-bond acceptors (Lipinski definition) is 14. The lowest BCUT2D eigenvalue weighted by Crippen LogP contribution is -2.52. The minimum atomic E-state index is -4.10. The van der Waals surface area contributed by atoms with Gasteiger partial charge in [0.2, 0.25) is 0 Å². The van der Waals surface area contributed by atoms with Gasteiger partial charge in [0.05, 0.1) is 58.3 Å². The normalized spacial score (nSPS) is 23.9. The fourth-order valence-corrected chi connectivity index (χ4v) is 11.3. The molecule has 17 nitrogen and oxygen atoms in total. The average Bonchev–Trinajstić information content (AvgIpc) is 4.08. The molecule has 3 aliphatic heterocycles. The Morgan fingerprint density at radius 2 is 1.22 bits per heavy atom. The predicted octanol–water partition coefficient (Wildman–Crippen LogP) is 9.47. The highest BCUT2D eigenvalue weighted by Gasteiger charge is 2.58. The molecule has 5 aromatic carbocycles. The molecule has 9 rings (SSSR count). The molecule has 1 aromatic heterocycles. The Hall–Kier alpha value is -6.34. The van der Waals surface area contributed by atoms with Gasteiger partial charge in [0.15, 0.2) is 12.0 Å². The summed E-state index contributed by atoms with van der Waals surface area (Å²) in [6.45, 7) is 5.72. The summed E-state index contributed by atoms with van der Waals surface area (Å²) < 4.78 is 80.6. The monoisotopic (exact) mass is 1070 g/mol. The van der Waals surface area contributed by atoms with Crippen molar-refractivity contribution in [1.29, 1.82) is 0 Å². The van der Waals surface area contributed by atoms with Crippen molar-refractivity contribution in [2.24, 2.45) is 0 Å². The van der Waals surface area contributed by atoms with Crippen molar-refractivity contribution in [3.63, 3.8) is 0 Å². The van der Waals surface area contributed by atoms with E-state index in [-0.39, 0.29) is 59.3 Å². The number of ether oxygens (including phenoxy) is 8. The van der Waals surface area contributed by atoms with Crippen LogP contribution in [0, 0.1) is 0 Å². The zero-order valence-corrected chi connectivity index (χ0v) is 44.3. The van der Waals surface area contributed by atoms with Crippen LogP contribution in [0.4, 0.5) is 4.79 Å². The number of fused-ring (bicyclic) bond motifs is 1. The van der Waals surface area contributed by atoms with Crippen LogP contribution in [0.25, 0.3) is 0 Å². The second kappa shape index (κ2) is 26.3. The van der Waals surface area contributed by atoms with E-state index in [1.165, 1.54) is 22.6 Å². The quantitative estimate of drug-likeness (QED) is 0.0535. The fraction of sp³-hybridized carbons (Fsp3) is 0.373. The van der Waals surface area contributed by atoms with E-state index in [1.807, 2.05) is 152 Å². The summed E-state index contributed by atoms with van der Waals surface area (Å²) in [5.41, 5.74) is 3.19. The van der Waals surface area contributed by atoms with Gasteiger partial charge in [-0.2, -0.15) is 0 Å². The molecule has 10 atom stereocenters. The van der Waals surface area contributed by atoms with Gasteiger partial charge in [0.25, 0.3) is 5.56 Å². The van der Waals surface area contributed by atoms with E-state index in [0.29, 0.717) is 0 Å². The molecule has 0 radical (unpaired) electrons. The topological polar surface area (TPSA) is 185 Å². The number of aromatic amines is 1. The van der Waals surface area contributed by atoms with Crippen molar-refractivity contribution in [3.8, 4) is 0 Å². The molecule has 1 amide bonds. The van der Waals surface area contributed by atoms with Crippen LogP contribution in [0.2, 0.25) is 0 Å². The second-order valence-electron chi connectivity index (χ2n) is 19.4. The van der Waals surface area contributed by atoms with E-state index in [2.05, 4.69) is 4.98 Å². The lowest BCUT2D eigenvalue weighted by molar-refractivity contribution is -0.200. The number of H-pyrrole nitrogens is 1. The number of benzene rings is 5. The maximum Gasteiger partial charge on any atom is 0.410 e. The van der Waals surface area contributed by atoms with Crippen LogP contribution in [0.15, 0.2) is 185 Å². The summed E-state index contributed by atoms with van der Waals surface area (Å²) in [6.07, 6.45) is -3.49. The van der Waals surface area contributed by atoms with Gasteiger partial charge in [-0.1, -0.05) is 158 Å². The number of rotatable bonds is 25. The van der Waals surface area contributed by atoms with Crippen molar-refractivity contribution >= 4 is 13.7 Å². The average molecular weight is 1070 g/mol. The van der Waals surface area contributed by atoms with E-state index in [9.17, 15) is 14.2 Å². The van der Waals surface area contributed by atoms with E-state index < -0.39 is 85.7 Å². The van der Waals surface area contributed by atoms with E-state index in [4.69, 9.17) is 46.9 Å². The first-order valence-electron chi connectivity index (χ1n) is 25.9.